The first-order valence-corrected chi connectivity index (χ1v) is 9.78. The fourth-order valence-electron chi connectivity index (χ4n) is 5.82. The maximum atomic E-state index is 12.4. The van der Waals surface area contributed by atoms with Crippen LogP contribution in [0, 0.1) is 23.2 Å². The van der Waals surface area contributed by atoms with E-state index in [4.69, 9.17) is 0 Å². The van der Waals surface area contributed by atoms with E-state index in [-0.39, 0.29) is 23.6 Å². The lowest BCUT2D eigenvalue weighted by molar-refractivity contribution is -0.132. The van der Waals surface area contributed by atoms with E-state index in [1.807, 2.05) is 0 Å². The standard InChI is InChI=1S/C20H26N4O3/c25-17(11-20-8-13-5-14(9-20)7-15(6-13)10-20)22-12-18(26)23-24-19(27)16-3-1-2-4-21-16/h1-4,13-15H,5-12H2,(H,22,25)(H,23,26)(H,24,27). The Bertz CT molecular complexity index is 699. The monoisotopic (exact) mass is 370 g/mol. The first kappa shape index (κ1) is 17.9. The molecule has 4 bridgehead atoms. The molecule has 0 saturated heterocycles. The van der Waals surface area contributed by atoms with Crippen LogP contribution in [-0.4, -0.2) is 29.3 Å². The molecule has 7 heteroatoms. The first-order valence-electron chi connectivity index (χ1n) is 9.78. The number of carbonyl (C=O) groups excluding carboxylic acids is 3. The Balaban J connectivity index is 1.20. The molecule has 144 valence electrons. The van der Waals surface area contributed by atoms with Gasteiger partial charge >= 0.3 is 0 Å². The highest BCUT2D eigenvalue weighted by atomic mass is 16.2. The molecule has 4 saturated carbocycles. The van der Waals surface area contributed by atoms with Crippen LogP contribution < -0.4 is 16.2 Å². The second-order valence-electron chi connectivity index (χ2n) is 8.59. The van der Waals surface area contributed by atoms with Gasteiger partial charge in [-0.2, -0.15) is 0 Å². The molecule has 1 aromatic heterocycles. The van der Waals surface area contributed by atoms with Gasteiger partial charge in [-0.1, -0.05) is 6.07 Å². The van der Waals surface area contributed by atoms with Crippen LogP contribution in [0.1, 0.15) is 55.4 Å². The lowest BCUT2D eigenvalue weighted by Crippen LogP contribution is -2.49. The van der Waals surface area contributed by atoms with Crippen molar-refractivity contribution in [2.45, 2.75) is 44.9 Å². The Morgan fingerprint density at radius 3 is 2.22 bits per heavy atom. The zero-order valence-electron chi connectivity index (χ0n) is 15.4. The molecule has 7 nitrogen and oxygen atoms in total. The summed E-state index contributed by atoms with van der Waals surface area (Å²) in [4.78, 5) is 40.0. The van der Waals surface area contributed by atoms with Crippen LogP contribution in [0.4, 0.5) is 0 Å². The topological polar surface area (TPSA) is 100 Å². The molecule has 0 aromatic carbocycles. The van der Waals surface area contributed by atoms with Gasteiger partial charge in [-0.05, 0) is 73.8 Å². The van der Waals surface area contributed by atoms with Crippen LogP contribution in [0.3, 0.4) is 0 Å². The average Bonchev–Trinajstić information content (AvgIpc) is 2.63. The molecule has 0 unspecified atom stereocenters. The molecular weight excluding hydrogens is 344 g/mol. The molecule has 0 atom stereocenters. The number of hydrogen-bond donors (Lipinski definition) is 3. The number of carbonyl (C=O) groups is 3. The number of hydrazine groups is 1. The molecule has 27 heavy (non-hydrogen) atoms. The summed E-state index contributed by atoms with van der Waals surface area (Å²) in [6.07, 6.45) is 9.56. The number of hydrogen-bond acceptors (Lipinski definition) is 4. The maximum Gasteiger partial charge on any atom is 0.288 e. The zero-order valence-corrected chi connectivity index (χ0v) is 15.4. The minimum atomic E-state index is -0.496. The van der Waals surface area contributed by atoms with Crippen LogP contribution in [0.2, 0.25) is 0 Å². The van der Waals surface area contributed by atoms with Crippen molar-refractivity contribution < 1.29 is 14.4 Å². The summed E-state index contributed by atoms with van der Waals surface area (Å²) in [5, 5.41) is 2.70. The zero-order chi connectivity index (χ0) is 18.9. The van der Waals surface area contributed by atoms with Crippen molar-refractivity contribution in [2.75, 3.05) is 6.54 Å². The van der Waals surface area contributed by atoms with Gasteiger partial charge in [0.05, 0.1) is 6.54 Å². The van der Waals surface area contributed by atoms with Crippen LogP contribution in [0.15, 0.2) is 24.4 Å². The molecule has 5 rings (SSSR count). The van der Waals surface area contributed by atoms with E-state index < -0.39 is 11.8 Å². The molecule has 1 aromatic rings. The molecule has 4 aliphatic carbocycles. The Labute approximate surface area is 158 Å². The summed E-state index contributed by atoms with van der Waals surface area (Å²) in [5.74, 6) is 1.38. The van der Waals surface area contributed by atoms with Crippen LogP contribution in [0.25, 0.3) is 0 Å². The molecular formula is C20H26N4O3. The van der Waals surface area contributed by atoms with Gasteiger partial charge in [0.15, 0.2) is 0 Å². The summed E-state index contributed by atoms with van der Waals surface area (Å²) in [5.41, 5.74) is 4.97. The Kier molecular flexibility index (Phi) is 4.85. The van der Waals surface area contributed by atoms with Crippen LogP contribution >= 0.6 is 0 Å². The van der Waals surface area contributed by atoms with Crippen LogP contribution in [0.5, 0.6) is 0 Å². The smallest absolute Gasteiger partial charge is 0.288 e. The number of amides is 3. The third-order valence-corrected chi connectivity index (χ3v) is 6.36. The van der Waals surface area contributed by atoms with Crippen molar-refractivity contribution in [3.63, 3.8) is 0 Å². The largest absolute Gasteiger partial charge is 0.347 e. The number of rotatable bonds is 5. The molecule has 0 aliphatic heterocycles. The lowest BCUT2D eigenvalue weighted by atomic mass is 9.49. The molecule has 3 amide bonds. The van der Waals surface area contributed by atoms with Gasteiger partial charge in [-0.15, -0.1) is 0 Å². The minimum Gasteiger partial charge on any atom is -0.347 e. The van der Waals surface area contributed by atoms with E-state index in [2.05, 4.69) is 21.2 Å². The van der Waals surface area contributed by atoms with E-state index in [0.29, 0.717) is 6.42 Å². The molecule has 4 aliphatic rings. The summed E-state index contributed by atoms with van der Waals surface area (Å²) in [6, 6.07) is 4.94. The van der Waals surface area contributed by atoms with Gasteiger partial charge in [-0.3, -0.25) is 30.2 Å². The summed E-state index contributed by atoms with van der Waals surface area (Å²) in [7, 11) is 0. The fourth-order valence-corrected chi connectivity index (χ4v) is 5.82. The Hall–Kier alpha value is -2.44. The summed E-state index contributed by atoms with van der Waals surface area (Å²) >= 11 is 0. The van der Waals surface area contributed by atoms with Gasteiger partial charge in [-0.25, -0.2) is 0 Å². The fraction of sp³-hybridized carbons (Fsp3) is 0.600. The quantitative estimate of drug-likeness (QED) is 0.685. The second-order valence-corrected chi connectivity index (χ2v) is 8.59. The molecule has 4 fully saturated rings. The van der Waals surface area contributed by atoms with Crippen molar-refractivity contribution >= 4 is 17.7 Å². The van der Waals surface area contributed by atoms with E-state index in [1.165, 1.54) is 44.7 Å². The predicted octanol–water partition coefficient (Wildman–Crippen LogP) is 1.57. The van der Waals surface area contributed by atoms with Crippen LogP contribution in [-0.2, 0) is 9.59 Å². The van der Waals surface area contributed by atoms with Crippen molar-refractivity contribution in [2.24, 2.45) is 23.2 Å². The third kappa shape index (κ3) is 4.12. The van der Waals surface area contributed by atoms with E-state index in [0.717, 1.165) is 17.8 Å². The van der Waals surface area contributed by atoms with Gasteiger partial charge in [0.25, 0.3) is 11.8 Å². The first-order chi connectivity index (χ1) is 13.0. The average molecular weight is 370 g/mol. The molecule has 1 heterocycles. The highest BCUT2D eigenvalue weighted by molar-refractivity contribution is 5.94. The highest BCUT2D eigenvalue weighted by Crippen LogP contribution is 2.61. The van der Waals surface area contributed by atoms with E-state index in [1.54, 1.807) is 18.2 Å². The van der Waals surface area contributed by atoms with Crippen molar-refractivity contribution in [1.82, 2.24) is 21.2 Å². The summed E-state index contributed by atoms with van der Waals surface area (Å²) < 4.78 is 0. The maximum absolute atomic E-state index is 12.4. The van der Waals surface area contributed by atoms with Crippen molar-refractivity contribution in [1.29, 1.82) is 0 Å². The predicted molar refractivity (Wildman–Crippen MR) is 98.1 cm³/mol. The van der Waals surface area contributed by atoms with Gasteiger partial charge < -0.3 is 5.32 Å². The number of aromatic nitrogens is 1. The number of pyridine rings is 1. The summed E-state index contributed by atoms with van der Waals surface area (Å²) in [6.45, 7) is -0.145. The lowest BCUT2D eigenvalue weighted by Gasteiger charge is -2.56. The molecule has 0 spiro atoms. The second kappa shape index (κ2) is 7.29. The number of nitrogens with zero attached hydrogens (tertiary/aromatic N) is 1. The van der Waals surface area contributed by atoms with Gasteiger partial charge in [0, 0.05) is 12.6 Å². The highest BCUT2D eigenvalue weighted by Gasteiger charge is 2.51. The minimum absolute atomic E-state index is 0.0665. The van der Waals surface area contributed by atoms with Gasteiger partial charge in [0.1, 0.15) is 5.69 Å². The van der Waals surface area contributed by atoms with Crippen molar-refractivity contribution in [3.05, 3.63) is 30.1 Å². The SMILES string of the molecule is O=C(CC12CC3CC(CC(C3)C1)C2)NCC(=O)NNC(=O)c1ccccn1. The molecule has 0 radical (unpaired) electrons. The third-order valence-electron chi connectivity index (χ3n) is 6.36. The number of nitrogens with one attached hydrogen (secondary N) is 3. The Morgan fingerprint density at radius 1 is 0.963 bits per heavy atom. The van der Waals surface area contributed by atoms with Gasteiger partial charge in [0.2, 0.25) is 5.91 Å². The normalized spacial score (nSPS) is 30.6. The molecule has 3 N–H and O–H groups in total. The Morgan fingerprint density at radius 2 is 1.63 bits per heavy atom. The van der Waals surface area contributed by atoms with E-state index >= 15 is 0 Å². The van der Waals surface area contributed by atoms with Crippen molar-refractivity contribution in [3.8, 4) is 0 Å². The van der Waals surface area contributed by atoms with E-state index in [9.17, 15) is 14.4 Å².